The number of hydrogen-bond acceptors (Lipinski definition) is 6. The fourth-order valence-corrected chi connectivity index (χ4v) is 4.16. The average molecular weight is 393 g/mol. The van der Waals surface area contributed by atoms with Gasteiger partial charge in [-0.05, 0) is 0 Å². The summed E-state index contributed by atoms with van der Waals surface area (Å²) in [6, 6.07) is 6.00. The van der Waals surface area contributed by atoms with Gasteiger partial charge in [-0.1, -0.05) is 0 Å². The third-order valence-corrected chi connectivity index (χ3v) is 7.17. The molecule has 9 heteroatoms. The molecule has 0 fully saturated rings. The van der Waals surface area contributed by atoms with Crippen molar-refractivity contribution in [3.05, 3.63) is 29.8 Å². The SMILES string of the molecule is Cc1ccc(S(=O)(=O)O[I-]OS(C)(=O)=O)cc1. The summed E-state index contributed by atoms with van der Waals surface area (Å²) in [7, 11) is -7.62. The van der Waals surface area contributed by atoms with Gasteiger partial charge < -0.3 is 0 Å². The van der Waals surface area contributed by atoms with Crippen LogP contribution < -0.4 is 22.0 Å². The topological polar surface area (TPSA) is 86.7 Å². The van der Waals surface area contributed by atoms with Gasteiger partial charge in [0.05, 0.1) is 0 Å². The van der Waals surface area contributed by atoms with E-state index in [0.29, 0.717) is 0 Å². The van der Waals surface area contributed by atoms with Gasteiger partial charge in [0, 0.05) is 0 Å². The first-order valence-electron chi connectivity index (χ1n) is 4.24. The molecule has 1 aromatic carbocycles. The van der Waals surface area contributed by atoms with Crippen LogP contribution >= 0.6 is 0 Å². The molecule has 0 aliphatic carbocycles. The molecule has 1 rings (SSSR count). The van der Waals surface area contributed by atoms with Gasteiger partial charge in [0.25, 0.3) is 0 Å². The molecule has 0 saturated heterocycles. The third kappa shape index (κ3) is 5.29. The number of hydrogen-bond donors (Lipinski definition) is 0. The van der Waals surface area contributed by atoms with E-state index in [-0.39, 0.29) is 4.90 Å². The van der Waals surface area contributed by atoms with Gasteiger partial charge in [-0.2, -0.15) is 0 Å². The van der Waals surface area contributed by atoms with E-state index in [1.54, 1.807) is 12.1 Å². The molecule has 0 atom stereocenters. The van der Waals surface area contributed by atoms with Crippen LogP contribution in [0.2, 0.25) is 0 Å². The zero-order chi connectivity index (χ0) is 13.1. The molecule has 17 heavy (non-hydrogen) atoms. The summed E-state index contributed by atoms with van der Waals surface area (Å²) in [5.41, 5.74) is 0.908. The van der Waals surface area contributed by atoms with Gasteiger partial charge in [-0.15, -0.1) is 0 Å². The maximum absolute atomic E-state index is 11.6. The Morgan fingerprint density at radius 2 is 1.53 bits per heavy atom. The Morgan fingerprint density at radius 3 is 2.00 bits per heavy atom. The minimum atomic E-state index is -3.94. The molecule has 98 valence electrons. The van der Waals surface area contributed by atoms with E-state index in [1.807, 2.05) is 6.92 Å². The van der Waals surface area contributed by atoms with Crippen molar-refractivity contribution >= 4 is 20.2 Å². The average Bonchev–Trinajstić information content (AvgIpc) is 2.15. The quantitative estimate of drug-likeness (QED) is 0.519. The molecule has 1 aromatic rings. The van der Waals surface area contributed by atoms with E-state index in [9.17, 15) is 16.8 Å². The van der Waals surface area contributed by atoms with Gasteiger partial charge in [0.1, 0.15) is 0 Å². The van der Waals surface area contributed by atoms with E-state index >= 15 is 0 Å². The predicted molar refractivity (Wildman–Crippen MR) is 55.4 cm³/mol. The monoisotopic (exact) mass is 393 g/mol. The predicted octanol–water partition coefficient (Wildman–Crippen LogP) is -2.40. The first kappa shape index (κ1) is 14.8. The molecule has 6 nitrogen and oxygen atoms in total. The Labute approximate surface area is 112 Å². The number of rotatable bonds is 5. The minimum absolute atomic E-state index is 0.0279. The summed E-state index contributed by atoms with van der Waals surface area (Å²) >= 11 is -1.86. The van der Waals surface area contributed by atoms with Crippen molar-refractivity contribution in [3.8, 4) is 0 Å². The van der Waals surface area contributed by atoms with Crippen molar-refractivity contribution in [2.24, 2.45) is 0 Å². The molecule has 0 aliphatic rings. The number of aryl methyl sites for hydroxylation is 1. The molecule has 0 bridgehead atoms. The zero-order valence-corrected chi connectivity index (χ0v) is 12.7. The van der Waals surface area contributed by atoms with Crippen molar-refractivity contribution < 1.29 is 43.9 Å². The first-order chi connectivity index (χ1) is 7.71. The van der Waals surface area contributed by atoms with Crippen LogP contribution in [-0.4, -0.2) is 23.1 Å². The van der Waals surface area contributed by atoms with Crippen LogP contribution in [-0.2, 0) is 25.3 Å². The molecule has 0 radical (unpaired) electrons. The second kappa shape index (κ2) is 5.61. The summed E-state index contributed by atoms with van der Waals surface area (Å²) in [6.45, 7) is 1.82. The molecule has 0 heterocycles. The van der Waals surface area contributed by atoms with Gasteiger partial charge in [0.2, 0.25) is 0 Å². The maximum atomic E-state index is 11.6. The summed E-state index contributed by atoms with van der Waals surface area (Å²) in [5, 5.41) is 0. The molecule has 0 aromatic heterocycles. The second-order valence-corrected chi connectivity index (χ2v) is 8.72. The zero-order valence-electron chi connectivity index (χ0n) is 8.95. The molecule has 0 amide bonds. The van der Waals surface area contributed by atoms with Crippen molar-refractivity contribution in [1.82, 2.24) is 0 Å². The van der Waals surface area contributed by atoms with Crippen molar-refractivity contribution in [2.45, 2.75) is 11.8 Å². The Bertz CT molecular complexity index is 575. The molecule has 0 N–H and O–H groups in total. The first-order valence-corrected chi connectivity index (χ1v) is 9.23. The van der Waals surface area contributed by atoms with Crippen molar-refractivity contribution in [2.75, 3.05) is 6.26 Å². The molecule has 0 aliphatic heterocycles. The molecular formula is C8H10IO6S2-. The van der Waals surface area contributed by atoms with Gasteiger partial charge in [-0.3, -0.25) is 0 Å². The van der Waals surface area contributed by atoms with E-state index in [2.05, 4.69) is 5.03 Å². The van der Waals surface area contributed by atoms with Crippen LogP contribution in [0.25, 0.3) is 0 Å². The van der Waals surface area contributed by atoms with Crippen LogP contribution in [0.5, 0.6) is 0 Å². The summed E-state index contributed by atoms with van der Waals surface area (Å²) in [5.74, 6) is 0. The number of benzene rings is 1. The molecular weight excluding hydrogens is 383 g/mol. The third-order valence-electron chi connectivity index (χ3n) is 1.56. The molecule has 0 spiro atoms. The Balaban J connectivity index is 2.73. The van der Waals surface area contributed by atoms with E-state index in [1.165, 1.54) is 12.1 Å². The van der Waals surface area contributed by atoms with Crippen molar-refractivity contribution in [1.29, 1.82) is 0 Å². The van der Waals surface area contributed by atoms with Gasteiger partial charge in [-0.25, -0.2) is 0 Å². The van der Waals surface area contributed by atoms with E-state index < -0.39 is 42.3 Å². The van der Waals surface area contributed by atoms with Crippen LogP contribution in [0.4, 0.5) is 0 Å². The van der Waals surface area contributed by atoms with Gasteiger partial charge >= 0.3 is 112 Å². The van der Waals surface area contributed by atoms with Crippen LogP contribution in [0.1, 0.15) is 5.56 Å². The summed E-state index contributed by atoms with van der Waals surface area (Å²) < 4.78 is 53.2. The molecule has 0 saturated carbocycles. The fourth-order valence-electron chi connectivity index (χ4n) is 0.832. The fraction of sp³-hybridized carbons (Fsp3) is 0.250. The Hall–Kier alpha value is -0.230. The van der Waals surface area contributed by atoms with Gasteiger partial charge in [0.15, 0.2) is 0 Å². The van der Waals surface area contributed by atoms with Crippen LogP contribution in [0.15, 0.2) is 29.2 Å². The Morgan fingerprint density at radius 1 is 1.00 bits per heavy atom. The van der Waals surface area contributed by atoms with E-state index in [0.717, 1.165) is 11.8 Å². The molecule has 0 unspecified atom stereocenters. The Kier molecular flexibility index (Phi) is 4.89. The second-order valence-electron chi connectivity index (χ2n) is 3.16. The van der Waals surface area contributed by atoms with Crippen LogP contribution in [0.3, 0.4) is 0 Å². The summed E-state index contributed by atoms with van der Waals surface area (Å²) in [6.07, 6.45) is 0.828. The summed E-state index contributed by atoms with van der Waals surface area (Å²) in [4.78, 5) is -0.0279. The van der Waals surface area contributed by atoms with Crippen LogP contribution in [0, 0.1) is 6.92 Å². The van der Waals surface area contributed by atoms with E-state index in [4.69, 9.17) is 0 Å². The van der Waals surface area contributed by atoms with Crippen molar-refractivity contribution in [3.63, 3.8) is 0 Å². The standard InChI is InChI=1S/C8H10IO6S2/c1-7-3-5-8(6-4-7)17(12,13)15-9-14-16(2,10)11/h3-6H,1-2H3/q-1. The number of halogens is 1. The normalized spacial score (nSPS) is 12.8.